The third-order valence-electron chi connectivity index (χ3n) is 5.43. The maximum atomic E-state index is 14.0. The molecule has 1 aliphatic heterocycles. The fourth-order valence-corrected chi connectivity index (χ4v) is 4.96. The Morgan fingerprint density at radius 1 is 1.21 bits per heavy atom. The van der Waals surface area contributed by atoms with Crippen molar-refractivity contribution in [2.24, 2.45) is 0 Å². The fourth-order valence-electron chi connectivity index (χ4n) is 3.80. The van der Waals surface area contributed by atoms with Gasteiger partial charge in [0.25, 0.3) is 5.78 Å². The zero-order valence-corrected chi connectivity index (χ0v) is 19.1. The number of Topliss-reactive ketones (excluding diaryl/α,β-unsaturated/α-hetero) is 1. The van der Waals surface area contributed by atoms with Crippen LogP contribution in [0.4, 0.5) is 9.52 Å². The zero-order valence-electron chi connectivity index (χ0n) is 17.5. The molecule has 10 heteroatoms. The number of anilines is 1. The van der Waals surface area contributed by atoms with Crippen molar-refractivity contribution in [2.75, 3.05) is 12.0 Å². The summed E-state index contributed by atoms with van der Waals surface area (Å²) in [6.07, 6.45) is 3.07. The quantitative estimate of drug-likeness (QED) is 0.240. The van der Waals surface area contributed by atoms with Crippen LogP contribution in [0.5, 0.6) is 5.75 Å². The first-order valence-corrected chi connectivity index (χ1v) is 11.2. The molecule has 1 saturated heterocycles. The number of aromatic nitrogens is 2. The lowest BCUT2D eigenvalue weighted by molar-refractivity contribution is -0.132. The van der Waals surface area contributed by atoms with Gasteiger partial charge in [-0.25, -0.2) is 9.37 Å². The normalized spacial score (nSPS) is 17.5. The minimum Gasteiger partial charge on any atom is -0.507 e. The number of methoxy groups -OCH3 is 1. The Kier molecular flexibility index (Phi) is 5.51. The summed E-state index contributed by atoms with van der Waals surface area (Å²) < 4.78 is 19.6. The van der Waals surface area contributed by atoms with Gasteiger partial charge in [-0.15, -0.1) is 0 Å². The van der Waals surface area contributed by atoms with E-state index < -0.39 is 23.5 Å². The highest BCUT2D eigenvalue weighted by molar-refractivity contribution is 7.22. The number of aliphatic hydroxyl groups is 1. The Morgan fingerprint density at radius 2 is 1.97 bits per heavy atom. The van der Waals surface area contributed by atoms with Crippen LogP contribution in [0.1, 0.15) is 17.2 Å². The summed E-state index contributed by atoms with van der Waals surface area (Å²) in [6.45, 7) is 0. The summed E-state index contributed by atoms with van der Waals surface area (Å²) in [4.78, 5) is 36.1. The smallest absolute Gasteiger partial charge is 0.301 e. The molecule has 34 heavy (non-hydrogen) atoms. The number of ether oxygens (including phenoxy) is 1. The Hall–Kier alpha value is -3.82. The molecular weight excluding hydrogens is 481 g/mol. The second-order valence-electron chi connectivity index (χ2n) is 7.41. The number of fused-ring (bicyclic) bond motifs is 1. The number of benzene rings is 2. The number of nitrogens with zero attached hydrogens (tertiary/aromatic N) is 3. The highest BCUT2D eigenvalue weighted by atomic mass is 35.5. The molecule has 1 aliphatic rings. The van der Waals surface area contributed by atoms with Crippen LogP contribution in [-0.4, -0.2) is 33.9 Å². The van der Waals surface area contributed by atoms with Crippen LogP contribution in [0.3, 0.4) is 0 Å². The monoisotopic (exact) mass is 495 g/mol. The summed E-state index contributed by atoms with van der Waals surface area (Å²) in [5, 5.41) is 11.2. The number of hydrogen-bond acceptors (Lipinski definition) is 7. The largest absolute Gasteiger partial charge is 0.507 e. The minimum absolute atomic E-state index is 0.102. The van der Waals surface area contributed by atoms with Gasteiger partial charge in [-0.1, -0.05) is 29.0 Å². The first-order valence-electron chi connectivity index (χ1n) is 10.00. The number of hydrogen-bond donors (Lipinski definition) is 1. The number of thiazole rings is 1. The zero-order chi connectivity index (χ0) is 24.0. The molecular formula is C24H15ClFN3O4S. The van der Waals surface area contributed by atoms with Gasteiger partial charge in [-0.05, 0) is 48.0 Å². The summed E-state index contributed by atoms with van der Waals surface area (Å²) in [5.74, 6) is -2.12. The highest BCUT2D eigenvalue weighted by Crippen LogP contribution is 2.44. The predicted molar refractivity (Wildman–Crippen MR) is 127 cm³/mol. The molecule has 0 radical (unpaired) electrons. The molecule has 170 valence electrons. The van der Waals surface area contributed by atoms with Crippen LogP contribution in [0.2, 0.25) is 5.02 Å². The molecule has 1 amide bonds. The number of aliphatic hydroxyl groups excluding tert-OH is 1. The average Bonchev–Trinajstić information content (AvgIpc) is 3.37. The molecule has 3 heterocycles. The van der Waals surface area contributed by atoms with Crippen LogP contribution in [0, 0.1) is 5.82 Å². The number of amides is 1. The highest BCUT2D eigenvalue weighted by Gasteiger charge is 2.48. The number of rotatable bonds is 4. The number of carbonyl (C=O) groups is 2. The summed E-state index contributed by atoms with van der Waals surface area (Å²) in [5.41, 5.74) is 1.12. The first-order chi connectivity index (χ1) is 16.4. The van der Waals surface area contributed by atoms with Gasteiger partial charge in [0.1, 0.15) is 17.3 Å². The molecule has 7 nitrogen and oxygen atoms in total. The number of carbonyl (C=O) groups excluding carboxylic acids is 2. The lowest BCUT2D eigenvalue weighted by Crippen LogP contribution is -2.29. The van der Waals surface area contributed by atoms with E-state index in [-0.39, 0.29) is 21.5 Å². The van der Waals surface area contributed by atoms with Crippen LogP contribution in [-0.2, 0) is 9.59 Å². The second kappa shape index (κ2) is 8.51. The van der Waals surface area contributed by atoms with Gasteiger partial charge in [-0.2, -0.15) is 0 Å². The van der Waals surface area contributed by atoms with E-state index in [4.69, 9.17) is 16.3 Å². The van der Waals surface area contributed by atoms with Crippen molar-refractivity contribution >= 4 is 55.7 Å². The van der Waals surface area contributed by atoms with Crippen molar-refractivity contribution in [3.05, 3.63) is 88.5 Å². The van der Waals surface area contributed by atoms with E-state index in [1.807, 2.05) is 0 Å². The van der Waals surface area contributed by atoms with Gasteiger partial charge >= 0.3 is 5.91 Å². The van der Waals surface area contributed by atoms with Gasteiger partial charge in [0, 0.05) is 18.0 Å². The molecule has 5 rings (SSSR count). The summed E-state index contributed by atoms with van der Waals surface area (Å²) in [6, 6.07) is 11.4. The van der Waals surface area contributed by atoms with Crippen LogP contribution in [0.15, 0.2) is 66.5 Å². The molecule has 0 saturated carbocycles. The van der Waals surface area contributed by atoms with Gasteiger partial charge in [0.15, 0.2) is 5.13 Å². The second-order valence-corrected chi connectivity index (χ2v) is 8.83. The SMILES string of the molecule is COc1ccc(/C(O)=C2\C(=O)C(=O)N(c3nc4cc(Cl)c(F)cc4s3)C2c2cccnc2)cc1. The molecule has 1 unspecified atom stereocenters. The molecule has 0 spiro atoms. The Balaban J connectivity index is 1.70. The molecule has 1 N–H and O–H groups in total. The molecule has 1 fully saturated rings. The lowest BCUT2D eigenvalue weighted by atomic mass is 9.96. The summed E-state index contributed by atoms with van der Waals surface area (Å²) in [7, 11) is 1.51. The average molecular weight is 496 g/mol. The first kappa shape index (κ1) is 22.0. The van der Waals surface area contributed by atoms with Crippen molar-refractivity contribution in [1.82, 2.24) is 9.97 Å². The number of halogens is 2. The van der Waals surface area contributed by atoms with Gasteiger partial charge in [0.05, 0.1) is 34.0 Å². The number of ketones is 1. The van der Waals surface area contributed by atoms with Crippen molar-refractivity contribution in [2.45, 2.75) is 6.04 Å². The van der Waals surface area contributed by atoms with Gasteiger partial charge in [0.2, 0.25) is 0 Å². The molecule has 2 aromatic heterocycles. The van der Waals surface area contributed by atoms with E-state index in [1.165, 1.54) is 30.3 Å². The Morgan fingerprint density at radius 3 is 2.65 bits per heavy atom. The van der Waals surface area contributed by atoms with Crippen LogP contribution in [0.25, 0.3) is 16.0 Å². The van der Waals surface area contributed by atoms with E-state index in [9.17, 15) is 19.1 Å². The minimum atomic E-state index is -0.989. The van der Waals surface area contributed by atoms with Crippen molar-refractivity contribution < 1.29 is 23.8 Å². The van der Waals surface area contributed by atoms with Gasteiger partial charge < -0.3 is 9.84 Å². The lowest BCUT2D eigenvalue weighted by Gasteiger charge is -2.22. The van der Waals surface area contributed by atoms with E-state index in [0.717, 1.165) is 11.3 Å². The topological polar surface area (TPSA) is 92.6 Å². The maximum absolute atomic E-state index is 14.0. The molecule has 4 aromatic rings. The third-order valence-corrected chi connectivity index (χ3v) is 6.74. The van der Waals surface area contributed by atoms with E-state index in [2.05, 4.69) is 9.97 Å². The third kappa shape index (κ3) is 3.59. The van der Waals surface area contributed by atoms with Gasteiger partial charge in [-0.3, -0.25) is 19.5 Å². The molecule has 0 bridgehead atoms. The fraction of sp³-hybridized carbons (Fsp3) is 0.0833. The van der Waals surface area contributed by atoms with Crippen LogP contribution >= 0.6 is 22.9 Å². The Bertz CT molecular complexity index is 1430. The molecule has 0 aliphatic carbocycles. The molecule has 2 aromatic carbocycles. The van der Waals surface area contributed by atoms with E-state index in [1.54, 1.807) is 42.6 Å². The predicted octanol–water partition coefficient (Wildman–Crippen LogP) is 5.12. The molecule has 1 atom stereocenters. The van der Waals surface area contributed by atoms with E-state index in [0.29, 0.717) is 27.1 Å². The van der Waals surface area contributed by atoms with Crippen molar-refractivity contribution in [1.29, 1.82) is 0 Å². The van der Waals surface area contributed by atoms with Crippen molar-refractivity contribution in [3.63, 3.8) is 0 Å². The number of pyridine rings is 1. The van der Waals surface area contributed by atoms with Crippen LogP contribution < -0.4 is 9.64 Å². The van der Waals surface area contributed by atoms with E-state index >= 15 is 0 Å². The standard InChI is InChI=1S/C24H15ClFN3O4S/c1-33-14-6-4-12(5-7-14)21(30)19-20(13-3-2-8-27-11-13)29(23(32)22(19)31)24-28-17-9-15(25)16(26)10-18(17)34-24/h2-11,20,30H,1H3/b21-19+. The maximum Gasteiger partial charge on any atom is 0.301 e. The Labute approximate surface area is 201 Å². The summed E-state index contributed by atoms with van der Waals surface area (Å²) >= 11 is 6.92. The van der Waals surface area contributed by atoms with Crippen molar-refractivity contribution in [3.8, 4) is 5.75 Å².